The Bertz CT molecular complexity index is 723. The summed E-state index contributed by atoms with van der Waals surface area (Å²) in [6.07, 6.45) is -0.872. The first-order valence-corrected chi connectivity index (χ1v) is 7.71. The summed E-state index contributed by atoms with van der Waals surface area (Å²) in [4.78, 5) is 35.9. The molecule has 0 heterocycles. The van der Waals surface area contributed by atoms with Gasteiger partial charge in [0.25, 0.3) is 5.91 Å². The number of hydrogen-bond acceptors (Lipinski definition) is 4. The van der Waals surface area contributed by atoms with Crippen LogP contribution in [0.15, 0.2) is 54.6 Å². The molecule has 5 heteroatoms. The summed E-state index contributed by atoms with van der Waals surface area (Å²) in [7, 11) is 0. The molecule has 0 bridgehead atoms. The van der Waals surface area contributed by atoms with Gasteiger partial charge in [0.1, 0.15) is 0 Å². The number of nitrogens with one attached hydrogen (secondary N) is 1. The van der Waals surface area contributed by atoms with Crippen LogP contribution in [0.1, 0.15) is 40.1 Å². The third kappa shape index (κ3) is 4.29. The zero-order chi connectivity index (χ0) is 17.5. The molecular weight excluding hydrogens is 306 g/mol. The van der Waals surface area contributed by atoms with E-state index in [1.165, 1.54) is 19.1 Å². The van der Waals surface area contributed by atoms with Crippen LogP contribution in [0, 0.1) is 0 Å². The highest BCUT2D eigenvalue weighted by Crippen LogP contribution is 2.12. The molecule has 0 spiro atoms. The second-order valence-corrected chi connectivity index (χ2v) is 5.21. The monoisotopic (exact) mass is 325 g/mol. The lowest BCUT2D eigenvalue weighted by molar-refractivity contribution is -0.128. The van der Waals surface area contributed by atoms with E-state index in [0.717, 1.165) is 0 Å². The zero-order valence-corrected chi connectivity index (χ0v) is 13.6. The van der Waals surface area contributed by atoms with Crippen LogP contribution in [-0.4, -0.2) is 30.3 Å². The van der Waals surface area contributed by atoms with Crippen molar-refractivity contribution in [2.24, 2.45) is 0 Å². The van der Waals surface area contributed by atoms with Gasteiger partial charge in [-0.15, -0.1) is 0 Å². The maximum absolute atomic E-state index is 12.3. The van der Waals surface area contributed by atoms with Crippen molar-refractivity contribution < 1.29 is 19.1 Å². The van der Waals surface area contributed by atoms with Gasteiger partial charge in [-0.25, -0.2) is 4.79 Å². The van der Waals surface area contributed by atoms with Crippen molar-refractivity contribution in [3.05, 3.63) is 71.3 Å². The molecule has 0 aliphatic rings. The van der Waals surface area contributed by atoms with Crippen molar-refractivity contribution in [3.8, 4) is 0 Å². The minimum absolute atomic E-state index is 0.119. The summed E-state index contributed by atoms with van der Waals surface area (Å²) in [6.45, 7) is 3.77. The van der Waals surface area contributed by atoms with Gasteiger partial charge in [0, 0.05) is 17.7 Å². The number of benzene rings is 2. The fourth-order valence-electron chi connectivity index (χ4n) is 2.11. The number of ether oxygens (including phenoxy) is 1. The number of carbonyl (C=O) groups excluding carboxylic acids is 3. The van der Waals surface area contributed by atoms with Crippen LogP contribution >= 0.6 is 0 Å². The molecule has 1 atom stereocenters. The quantitative estimate of drug-likeness (QED) is 0.654. The Hall–Kier alpha value is -2.95. The Labute approximate surface area is 140 Å². The molecule has 0 aliphatic heterocycles. The standard InChI is InChI=1S/C19H19NO4/c1-3-20-18(22)13(2)24-19(23)16-11-9-15(10-12-16)17(21)14-7-5-4-6-8-14/h4-13H,3H2,1-2H3,(H,20,22)/t13-/m0/s1. The minimum Gasteiger partial charge on any atom is -0.449 e. The summed E-state index contributed by atoms with van der Waals surface area (Å²) in [5.41, 5.74) is 1.35. The van der Waals surface area contributed by atoms with Gasteiger partial charge in [-0.1, -0.05) is 42.5 Å². The van der Waals surface area contributed by atoms with Gasteiger partial charge in [0.05, 0.1) is 5.56 Å². The van der Waals surface area contributed by atoms with Crippen molar-refractivity contribution in [2.45, 2.75) is 20.0 Å². The van der Waals surface area contributed by atoms with Crippen molar-refractivity contribution in [2.75, 3.05) is 6.54 Å². The van der Waals surface area contributed by atoms with E-state index < -0.39 is 12.1 Å². The Balaban J connectivity index is 2.05. The number of amides is 1. The van der Waals surface area contributed by atoms with Gasteiger partial charge in [-0.3, -0.25) is 9.59 Å². The van der Waals surface area contributed by atoms with Gasteiger partial charge in [-0.05, 0) is 26.0 Å². The maximum atomic E-state index is 12.3. The molecule has 5 nitrogen and oxygen atoms in total. The molecular formula is C19H19NO4. The zero-order valence-electron chi connectivity index (χ0n) is 13.6. The SMILES string of the molecule is CCNC(=O)[C@H](C)OC(=O)c1ccc(C(=O)c2ccccc2)cc1. The van der Waals surface area contributed by atoms with Gasteiger partial charge in [0.2, 0.25) is 0 Å². The molecule has 1 amide bonds. The van der Waals surface area contributed by atoms with E-state index in [9.17, 15) is 14.4 Å². The summed E-state index contributed by atoms with van der Waals surface area (Å²) in [6, 6.07) is 15.1. The molecule has 0 saturated heterocycles. The molecule has 2 rings (SSSR count). The average Bonchev–Trinajstić information content (AvgIpc) is 2.62. The van der Waals surface area contributed by atoms with Crippen molar-refractivity contribution in [3.63, 3.8) is 0 Å². The maximum Gasteiger partial charge on any atom is 0.338 e. The van der Waals surface area contributed by atoms with Crippen LogP contribution in [0.25, 0.3) is 0 Å². The van der Waals surface area contributed by atoms with Crippen LogP contribution in [0.4, 0.5) is 0 Å². The molecule has 0 aromatic heterocycles. The minimum atomic E-state index is -0.872. The predicted molar refractivity (Wildman–Crippen MR) is 89.9 cm³/mol. The molecule has 2 aromatic rings. The van der Waals surface area contributed by atoms with E-state index in [1.54, 1.807) is 43.3 Å². The van der Waals surface area contributed by atoms with Gasteiger partial charge < -0.3 is 10.1 Å². The molecule has 0 aliphatic carbocycles. The van der Waals surface area contributed by atoms with Crippen molar-refractivity contribution in [1.29, 1.82) is 0 Å². The second-order valence-electron chi connectivity index (χ2n) is 5.21. The summed E-state index contributed by atoms with van der Waals surface area (Å²) in [5, 5.41) is 2.58. The Morgan fingerprint density at radius 1 is 0.917 bits per heavy atom. The summed E-state index contributed by atoms with van der Waals surface area (Å²) >= 11 is 0. The first-order chi connectivity index (χ1) is 11.5. The molecule has 0 unspecified atom stereocenters. The molecule has 24 heavy (non-hydrogen) atoms. The summed E-state index contributed by atoms with van der Waals surface area (Å²) < 4.78 is 5.10. The number of hydrogen-bond donors (Lipinski definition) is 1. The Morgan fingerprint density at radius 2 is 1.46 bits per heavy atom. The van der Waals surface area contributed by atoms with Crippen LogP contribution in [0.3, 0.4) is 0 Å². The van der Waals surface area contributed by atoms with E-state index >= 15 is 0 Å². The molecule has 0 saturated carbocycles. The van der Waals surface area contributed by atoms with Crippen LogP contribution in [0.2, 0.25) is 0 Å². The van der Waals surface area contributed by atoms with Crippen molar-refractivity contribution in [1.82, 2.24) is 5.32 Å². The van der Waals surface area contributed by atoms with Crippen molar-refractivity contribution >= 4 is 17.7 Å². The fourth-order valence-corrected chi connectivity index (χ4v) is 2.11. The average molecular weight is 325 g/mol. The van der Waals surface area contributed by atoms with Crippen LogP contribution < -0.4 is 5.32 Å². The third-order valence-electron chi connectivity index (χ3n) is 3.42. The lowest BCUT2D eigenvalue weighted by atomic mass is 10.0. The highest BCUT2D eigenvalue weighted by Gasteiger charge is 2.18. The Kier molecular flexibility index (Phi) is 5.84. The predicted octanol–water partition coefficient (Wildman–Crippen LogP) is 2.60. The second kappa shape index (κ2) is 8.06. The third-order valence-corrected chi connectivity index (χ3v) is 3.42. The van der Waals surface area contributed by atoms with E-state index in [0.29, 0.717) is 17.7 Å². The molecule has 1 N–H and O–H groups in total. The first-order valence-electron chi connectivity index (χ1n) is 7.71. The van der Waals surface area contributed by atoms with E-state index in [2.05, 4.69) is 5.32 Å². The lowest BCUT2D eigenvalue weighted by Crippen LogP contribution is -2.35. The first kappa shape index (κ1) is 17.4. The number of rotatable bonds is 6. The number of esters is 1. The summed E-state index contributed by atoms with van der Waals surface area (Å²) in [5.74, 6) is -1.07. The molecule has 0 radical (unpaired) electrons. The largest absolute Gasteiger partial charge is 0.449 e. The molecule has 0 fully saturated rings. The molecule has 2 aromatic carbocycles. The lowest BCUT2D eigenvalue weighted by Gasteiger charge is -2.12. The number of carbonyl (C=O) groups is 3. The Morgan fingerprint density at radius 3 is 2.04 bits per heavy atom. The molecule has 124 valence electrons. The van der Waals surface area contributed by atoms with E-state index in [-0.39, 0.29) is 17.3 Å². The van der Waals surface area contributed by atoms with Gasteiger partial charge in [-0.2, -0.15) is 0 Å². The highest BCUT2D eigenvalue weighted by molar-refractivity contribution is 6.09. The van der Waals surface area contributed by atoms with E-state index in [4.69, 9.17) is 4.74 Å². The normalized spacial score (nSPS) is 11.4. The van der Waals surface area contributed by atoms with Gasteiger partial charge >= 0.3 is 5.97 Å². The highest BCUT2D eigenvalue weighted by atomic mass is 16.5. The smallest absolute Gasteiger partial charge is 0.338 e. The van der Waals surface area contributed by atoms with Gasteiger partial charge in [0.15, 0.2) is 11.9 Å². The van der Waals surface area contributed by atoms with E-state index in [1.807, 2.05) is 6.07 Å². The topological polar surface area (TPSA) is 72.5 Å². The van der Waals surface area contributed by atoms with Crippen LogP contribution in [0.5, 0.6) is 0 Å². The van der Waals surface area contributed by atoms with Crippen LogP contribution in [-0.2, 0) is 9.53 Å². The number of ketones is 1. The fraction of sp³-hybridized carbons (Fsp3) is 0.211. The number of likely N-dealkylation sites (N-methyl/N-ethyl adjacent to an activating group) is 1.